The van der Waals surface area contributed by atoms with Crippen molar-refractivity contribution in [2.75, 3.05) is 0 Å². The molecule has 4 heteroatoms. The van der Waals surface area contributed by atoms with E-state index in [0.29, 0.717) is 16.2 Å². The molecule has 0 spiro atoms. The Morgan fingerprint density at radius 1 is 1.13 bits per heavy atom. The highest BCUT2D eigenvalue weighted by molar-refractivity contribution is 6.31. The topological polar surface area (TPSA) is 61.1 Å². The van der Waals surface area contributed by atoms with Crippen molar-refractivity contribution in [1.29, 1.82) is 5.26 Å². The minimum absolute atomic E-state index is 0.0316. The van der Waals surface area contributed by atoms with E-state index in [-0.39, 0.29) is 16.9 Å². The number of phenolic OH excluding ortho intramolecular Hbond substituents is 1. The number of carbonyl (C=O) groups is 1. The van der Waals surface area contributed by atoms with Crippen molar-refractivity contribution in [3.63, 3.8) is 0 Å². The molecule has 0 saturated carbocycles. The van der Waals surface area contributed by atoms with Crippen LogP contribution in [0.1, 0.15) is 70.7 Å². The van der Waals surface area contributed by atoms with Gasteiger partial charge >= 0.3 is 0 Å². The fourth-order valence-electron chi connectivity index (χ4n) is 2.71. The highest BCUT2D eigenvalue weighted by Gasteiger charge is 2.17. The summed E-state index contributed by atoms with van der Waals surface area (Å²) in [5.41, 5.74) is 5.42. The van der Waals surface area contributed by atoms with Gasteiger partial charge in [0.05, 0.1) is 5.57 Å². The Balaban J connectivity index is 0.00000113. The van der Waals surface area contributed by atoms with Crippen LogP contribution in [0.25, 0.3) is 11.1 Å². The Morgan fingerprint density at radius 2 is 1.65 bits per heavy atom. The van der Waals surface area contributed by atoms with E-state index in [1.54, 1.807) is 18.2 Å². The number of hydrogen-bond acceptors (Lipinski definition) is 3. The van der Waals surface area contributed by atoms with E-state index in [1.807, 2.05) is 20.8 Å². The SMILES string of the molecule is C/C(=C(\C#N)c1cc(O)cc(Cl)c1)c1cc(C(C)(C)C)ccc1C.C=CC.CC(C)=O. The van der Waals surface area contributed by atoms with E-state index in [2.05, 4.69) is 51.6 Å². The number of Topliss-reactive ketones (excluding diaryl/α,β-unsaturated/α-hetero) is 1. The van der Waals surface area contributed by atoms with E-state index < -0.39 is 0 Å². The molecule has 0 atom stereocenters. The lowest BCUT2D eigenvalue weighted by atomic mass is 9.83. The molecule has 0 radical (unpaired) electrons. The summed E-state index contributed by atoms with van der Waals surface area (Å²) in [7, 11) is 0. The molecule has 0 unspecified atom stereocenters. The molecule has 2 aromatic carbocycles. The molecule has 0 amide bonds. The number of phenols is 1. The smallest absolute Gasteiger partial charge is 0.126 e. The maximum Gasteiger partial charge on any atom is 0.126 e. The fourth-order valence-corrected chi connectivity index (χ4v) is 2.94. The molecule has 0 aliphatic rings. The minimum atomic E-state index is 0.0316. The van der Waals surface area contributed by atoms with Crippen molar-refractivity contribution >= 4 is 28.5 Å². The van der Waals surface area contributed by atoms with Crippen molar-refractivity contribution in [2.45, 2.75) is 60.8 Å². The highest BCUT2D eigenvalue weighted by atomic mass is 35.5. The number of halogens is 1. The van der Waals surface area contributed by atoms with Crippen LogP contribution in [-0.4, -0.2) is 10.9 Å². The first-order chi connectivity index (χ1) is 14.3. The van der Waals surface area contributed by atoms with Gasteiger partial charge in [-0.25, -0.2) is 0 Å². The third-order valence-corrected chi connectivity index (χ3v) is 4.38. The first kappa shape index (κ1) is 28.2. The molecule has 31 heavy (non-hydrogen) atoms. The number of rotatable bonds is 2. The van der Waals surface area contributed by atoms with Crippen molar-refractivity contribution in [2.24, 2.45) is 0 Å². The Morgan fingerprint density at radius 3 is 2.06 bits per heavy atom. The molecule has 3 nitrogen and oxygen atoms in total. The van der Waals surface area contributed by atoms with Crippen LogP contribution in [0.3, 0.4) is 0 Å². The summed E-state index contributed by atoms with van der Waals surface area (Å²) in [6.45, 7) is 18.8. The van der Waals surface area contributed by atoms with Crippen LogP contribution >= 0.6 is 11.6 Å². The maximum absolute atomic E-state index is 9.78. The lowest BCUT2D eigenvalue weighted by Gasteiger charge is -2.21. The monoisotopic (exact) mass is 439 g/mol. The summed E-state index contributed by atoms with van der Waals surface area (Å²) in [5.74, 6) is 0.221. The van der Waals surface area contributed by atoms with Crippen LogP contribution in [0, 0.1) is 18.3 Å². The maximum atomic E-state index is 9.78. The lowest BCUT2D eigenvalue weighted by molar-refractivity contribution is -0.114. The molecule has 2 aromatic rings. The molecule has 1 N–H and O–H groups in total. The van der Waals surface area contributed by atoms with Crippen molar-refractivity contribution in [3.05, 3.63) is 76.3 Å². The molecule has 0 aliphatic heterocycles. The zero-order valence-corrected chi connectivity index (χ0v) is 20.7. The first-order valence-electron chi connectivity index (χ1n) is 10.0. The van der Waals surface area contributed by atoms with Crippen LogP contribution in [0.2, 0.25) is 5.02 Å². The van der Waals surface area contributed by atoms with Gasteiger partial charge in [-0.05, 0) is 86.1 Å². The number of benzene rings is 2. The number of hydrogen-bond donors (Lipinski definition) is 1. The number of nitriles is 1. The minimum Gasteiger partial charge on any atom is -0.508 e. The molecule has 0 bridgehead atoms. The van der Waals surface area contributed by atoms with Crippen LogP contribution in [0.5, 0.6) is 5.75 Å². The summed E-state index contributed by atoms with van der Waals surface area (Å²) >= 11 is 6.03. The van der Waals surface area contributed by atoms with Gasteiger partial charge in [0.25, 0.3) is 0 Å². The zero-order chi connectivity index (χ0) is 24.4. The van der Waals surface area contributed by atoms with Crippen LogP contribution in [-0.2, 0) is 10.2 Å². The van der Waals surface area contributed by atoms with Gasteiger partial charge in [0.1, 0.15) is 17.6 Å². The van der Waals surface area contributed by atoms with Gasteiger partial charge in [0, 0.05) is 5.02 Å². The molecular formula is C27H34ClNO2. The molecule has 0 fully saturated rings. The molecule has 166 valence electrons. The van der Waals surface area contributed by atoms with E-state index in [1.165, 1.54) is 25.5 Å². The van der Waals surface area contributed by atoms with Gasteiger partial charge < -0.3 is 9.90 Å². The van der Waals surface area contributed by atoms with Crippen LogP contribution in [0.4, 0.5) is 0 Å². The van der Waals surface area contributed by atoms with E-state index in [9.17, 15) is 15.2 Å². The standard InChI is InChI=1S/C21H22ClNO.C3H6O.C3H6/c1-13-6-7-16(21(3,4)5)10-19(13)14(2)20(12-23)15-8-17(22)11-18(24)9-15;1-3(2)4;1-3-2/h6-11,24H,1-5H3;1-2H3;3H,1H2,2H3/b20-14-;;. The first-order valence-corrected chi connectivity index (χ1v) is 10.4. The average Bonchev–Trinajstić information content (AvgIpc) is 2.61. The number of carbonyl (C=O) groups excluding carboxylic acids is 1. The average molecular weight is 440 g/mol. The van der Waals surface area contributed by atoms with E-state index in [4.69, 9.17) is 11.6 Å². The number of ketones is 1. The van der Waals surface area contributed by atoms with Crippen molar-refractivity contribution in [3.8, 4) is 11.8 Å². The lowest BCUT2D eigenvalue weighted by Crippen LogP contribution is -2.11. The Hall–Kier alpha value is -2.83. The Bertz CT molecular complexity index is 965. The summed E-state index contributed by atoms with van der Waals surface area (Å²) in [4.78, 5) is 9.44. The Labute approximate surface area is 192 Å². The summed E-state index contributed by atoms with van der Waals surface area (Å²) < 4.78 is 0. The highest BCUT2D eigenvalue weighted by Crippen LogP contribution is 2.33. The van der Waals surface area contributed by atoms with Gasteiger partial charge in [-0.1, -0.05) is 56.6 Å². The van der Waals surface area contributed by atoms with Crippen LogP contribution in [0.15, 0.2) is 49.1 Å². The second kappa shape index (κ2) is 12.8. The van der Waals surface area contributed by atoms with Gasteiger partial charge in [-0.15, -0.1) is 6.58 Å². The van der Waals surface area contributed by atoms with Crippen LogP contribution < -0.4 is 0 Å². The molecule has 0 aromatic heterocycles. The number of allylic oxidation sites excluding steroid dienone is 3. The number of aryl methyl sites for hydroxylation is 1. The zero-order valence-electron chi connectivity index (χ0n) is 19.9. The molecule has 0 saturated heterocycles. The Kier molecular flexibility index (Phi) is 11.6. The predicted molar refractivity (Wildman–Crippen MR) is 133 cm³/mol. The van der Waals surface area contributed by atoms with Gasteiger partial charge in [0.2, 0.25) is 0 Å². The second-order valence-corrected chi connectivity index (χ2v) is 8.84. The second-order valence-electron chi connectivity index (χ2n) is 8.41. The third kappa shape index (κ3) is 9.68. The third-order valence-electron chi connectivity index (χ3n) is 4.17. The van der Waals surface area contributed by atoms with Gasteiger partial charge in [-0.3, -0.25) is 0 Å². The summed E-state index contributed by atoms with van der Waals surface area (Å²) in [6.07, 6.45) is 1.75. The quantitative estimate of drug-likeness (QED) is 0.294. The largest absolute Gasteiger partial charge is 0.508 e. The molecule has 2 rings (SSSR count). The predicted octanol–water partition coefficient (Wildman–Crippen LogP) is 7.89. The summed E-state index contributed by atoms with van der Waals surface area (Å²) in [6, 6.07) is 13.4. The van der Waals surface area contributed by atoms with E-state index in [0.717, 1.165) is 16.7 Å². The number of nitrogens with zero attached hydrogens (tertiary/aromatic N) is 1. The van der Waals surface area contributed by atoms with Gasteiger partial charge in [-0.2, -0.15) is 5.26 Å². The number of aromatic hydroxyl groups is 1. The molecular weight excluding hydrogens is 406 g/mol. The molecule has 0 heterocycles. The van der Waals surface area contributed by atoms with E-state index >= 15 is 0 Å². The van der Waals surface area contributed by atoms with Gasteiger partial charge in [0.15, 0.2) is 0 Å². The summed E-state index contributed by atoms with van der Waals surface area (Å²) in [5, 5.41) is 19.9. The molecule has 0 aliphatic carbocycles. The van der Waals surface area contributed by atoms with Crippen molar-refractivity contribution < 1.29 is 9.90 Å². The fraction of sp³-hybridized carbons (Fsp3) is 0.333. The normalized spacial score (nSPS) is 11.0. The van der Waals surface area contributed by atoms with Crippen molar-refractivity contribution in [1.82, 2.24) is 0 Å².